The Morgan fingerprint density at radius 2 is 1.76 bits per heavy atom. The van der Waals surface area contributed by atoms with Crippen molar-refractivity contribution in [1.29, 1.82) is 0 Å². The number of aliphatic carboxylic acids is 1. The van der Waals surface area contributed by atoms with Gasteiger partial charge in [-0.05, 0) is 35.9 Å². The number of alkyl halides is 3. The minimum Gasteiger partial charge on any atom is -0.480 e. The Labute approximate surface area is 146 Å². The predicted molar refractivity (Wildman–Crippen MR) is 85.5 cm³/mol. The van der Waals surface area contributed by atoms with Crippen LogP contribution in [0.25, 0.3) is 0 Å². The lowest BCUT2D eigenvalue weighted by atomic mass is 10.0. The number of carboxylic acid groups (broad SMARTS) is 1. The first-order valence-electron chi connectivity index (χ1n) is 7.12. The zero-order valence-electron chi connectivity index (χ0n) is 12.7. The van der Waals surface area contributed by atoms with E-state index in [1.54, 1.807) is 24.3 Å². The van der Waals surface area contributed by atoms with Gasteiger partial charge in [0.2, 0.25) is 0 Å². The van der Waals surface area contributed by atoms with Crippen molar-refractivity contribution in [2.75, 3.05) is 0 Å². The lowest BCUT2D eigenvalue weighted by Crippen LogP contribution is -2.42. The molecule has 2 aromatic rings. The highest BCUT2D eigenvalue weighted by atomic mass is 35.5. The maximum atomic E-state index is 12.7. The maximum absolute atomic E-state index is 12.7. The molecule has 1 atom stereocenters. The lowest BCUT2D eigenvalue weighted by Gasteiger charge is -2.15. The van der Waals surface area contributed by atoms with Crippen molar-refractivity contribution < 1.29 is 27.9 Å². The van der Waals surface area contributed by atoms with Crippen LogP contribution in [0, 0.1) is 0 Å². The van der Waals surface area contributed by atoms with Crippen molar-refractivity contribution in [3.63, 3.8) is 0 Å². The summed E-state index contributed by atoms with van der Waals surface area (Å²) in [5.41, 5.74) is -0.636. The van der Waals surface area contributed by atoms with E-state index in [1.807, 2.05) is 0 Å². The van der Waals surface area contributed by atoms with Crippen molar-refractivity contribution in [3.05, 3.63) is 70.2 Å². The van der Waals surface area contributed by atoms with Crippen molar-refractivity contribution in [3.8, 4) is 0 Å². The first-order valence-corrected chi connectivity index (χ1v) is 7.50. The molecule has 0 fully saturated rings. The highest BCUT2D eigenvalue weighted by Gasteiger charge is 2.31. The summed E-state index contributed by atoms with van der Waals surface area (Å²) in [6.45, 7) is 0. The average Bonchev–Trinajstić information content (AvgIpc) is 2.55. The van der Waals surface area contributed by atoms with E-state index in [1.165, 1.54) is 6.07 Å². The molecule has 0 saturated carbocycles. The Bertz CT molecular complexity index is 775. The van der Waals surface area contributed by atoms with E-state index >= 15 is 0 Å². The summed E-state index contributed by atoms with van der Waals surface area (Å²) in [5, 5.41) is 12.0. The smallest absolute Gasteiger partial charge is 0.416 e. The molecule has 0 bridgehead atoms. The van der Waals surface area contributed by atoms with Gasteiger partial charge in [-0.3, -0.25) is 4.79 Å². The van der Waals surface area contributed by atoms with Crippen LogP contribution in [0.5, 0.6) is 0 Å². The molecule has 2 aromatic carbocycles. The first-order chi connectivity index (χ1) is 11.7. The third kappa shape index (κ3) is 5.22. The van der Waals surface area contributed by atoms with Gasteiger partial charge >= 0.3 is 12.1 Å². The molecule has 0 aromatic heterocycles. The number of nitrogens with one attached hydrogen (secondary N) is 1. The van der Waals surface area contributed by atoms with Crippen LogP contribution >= 0.6 is 11.6 Å². The van der Waals surface area contributed by atoms with Crippen LogP contribution in [0.2, 0.25) is 5.02 Å². The number of hydrogen-bond acceptors (Lipinski definition) is 2. The molecular weight excluding hydrogens is 359 g/mol. The summed E-state index contributed by atoms with van der Waals surface area (Å²) in [6, 6.07) is 8.86. The van der Waals surface area contributed by atoms with Gasteiger partial charge in [0, 0.05) is 17.0 Å². The van der Waals surface area contributed by atoms with Crippen molar-refractivity contribution in [2.24, 2.45) is 0 Å². The van der Waals surface area contributed by atoms with Crippen LogP contribution in [0.1, 0.15) is 21.5 Å². The molecule has 25 heavy (non-hydrogen) atoms. The second-order valence-electron chi connectivity index (χ2n) is 5.27. The molecule has 0 heterocycles. The van der Waals surface area contributed by atoms with E-state index in [9.17, 15) is 27.9 Å². The lowest BCUT2D eigenvalue weighted by molar-refractivity contribution is -0.139. The maximum Gasteiger partial charge on any atom is 0.416 e. The Kier molecular flexibility index (Phi) is 5.69. The molecule has 4 nitrogen and oxygen atoms in total. The number of carbonyl (C=O) groups excluding carboxylic acids is 1. The highest BCUT2D eigenvalue weighted by Crippen LogP contribution is 2.29. The topological polar surface area (TPSA) is 66.4 Å². The standard InChI is InChI=1S/C17H13ClF3NO3/c18-13-6-4-10(5-7-13)8-14(16(24)25)22-15(23)11-2-1-3-12(9-11)17(19,20)21/h1-7,9,14H,8H2,(H,22,23)(H,24,25)/t14-/m1/s1. The summed E-state index contributed by atoms with van der Waals surface area (Å²) in [7, 11) is 0. The molecule has 2 N–H and O–H groups in total. The van der Waals surface area contributed by atoms with Gasteiger partial charge in [-0.15, -0.1) is 0 Å². The number of rotatable bonds is 5. The van der Waals surface area contributed by atoms with Crippen LogP contribution in [0.15, 0.2) is 48.5 Å². The van der Waals surface area contributed by atoms with Crippen molar-refractivity contribution in [1.82, 2.24) is 5.32 Å². The minimum atomic E-state index is -4.59. The van der Waals surface area contributed by atoms with Crippen LogP contribution in [0.4, 0.5) is 13.2 Å². The van der Waals surface area contributed by atoms with Crippen molar-refractivity contribution >= 4 is 23.5 Å². The number of benzene rings is 2. The number of carboxylic acids is 1. The van der Waals surface area contributed by atoms with E-state index in [-0.39, 0.29) is 12.0 Å². The van der Waals surface area contributed by atoms with E-state index in [0.717, 1.165) is 12.1 Å². The molecule has 0 radical (unpaired) electrons. The fourth-order valence-electron chi connectivity index (χ4n) is 2.13. The Balaban J connectivity index is 2.15. The summed E-state index contributed by atoms with van der Waals surface area (Å²) >= 11 is 5.75. The normalized spacial score (nSPS) is 12.5. The number of carbonyl (C=O) groups is 2. The molecule has 0 aliphatic heterocycles. The summed E-state index contributed by atoms with van der Waals surface area (Å²) in [5.74, 6) is -2.19. The van der Waals surface area contributed by atoms with Gasteiger partial charge in [-0.25, -0.2) is 4.79 Å². The predicted octanol–water partition coefficient (Wildman–Crippen LogP) is 3.78. The molecule has 2 rings (SSSR count). The van der Waals surface area contributed by atoms with Crippen LogP contribution in [0.3, 0.4) is 0 Å². The largest absolute Gasteiger partial charge is 0.480 e. The second-order valence-corrected chi connectivity index (χ2v) is 5.71. The fourth-order valence-corrected chi connectivity index (χ4v) is 2.26. The molecule has 132 valence electrons. The van der Waals surface area contributed by atoms with Crippen LogP contribution in [-0.2, 0) is 17.4 Å². The van der Waals surface area contributed by atoms with E-state index < -0.39 is 29.7 Å². The molecule has 0 unspecified atom stereocenters. The zero-order valence-corrected chi connectivity index (χ0v) is 13.4. The molecular formula is C17H13ClF3NO3. The van der Waals surface area contributed by atoms with Crippen LogP contribution < -0.4 is 5.32 Å². The van der Waals surface area contributed by atoms with Gasteiger partial charge in [0.15, 0.2) is 0 Å². The van der Waals surface area contributed by atoms with Gasteiger partial charge in [-0.2, -0.15) is 13.2 Å². The molecule has 8 heteroatoms. The summed E-state index contributed by atoms with van der Waals surface area (Å²) < 4.78 is 38.1. The minimum absolute atomic E-state index is 0.0306. The molecule has 0 aliphatic rings. The third-order valence-corrected chi connectivity index (χ3v) is 3.66. The monoisotopic (exact) mass is 371 g/mol. The molecule has 0 aliphatic carbocycles. The number of hydrogen-bond donors (Lipinski definition) is 2. The third-order valence-electron chi connectivity index (χ3n) is 3.41. The Morgan fingerprint density at radius 1 is 1.12 bits per heavy atom. The van der Waals surface area contributed by atoms with E-state index in [4.69, 9.17) is 11.6 Å². The highest BCUT2D eigenvalue weighted by molar-refractivity contribution is 6.30. The van der Waals surface area contributed by atoms with E-state index in [2.05, 4.69) is 5.32 Å². The second kappa shape index (κ2) is 7.57. The summed E-state index contributed by atoms with van der Waals surface area (Å²) in [4.78, 5) is 23.5. The number of halogens is 4. The average molecular weight is 372 g/mol. The zero-order chi connectivity index (χ0) is 18.6. The fraction of sp³-hybridized carbons (Fsp3) is 0.176. The molecule has 0 saturated heterocycles. The van der Waals surface area contributed by atoms with Crippen LogP contribution in [-0.4, -0.2) is 23.0 Å². The first kappa shape index (κ1) is 18.8. The van der Waals surface area contributed by atoms with E-state index in [0.29, 0.717) is 16.7 Å². The molecule has 1 amide bonds. The molecule has 0 spiro atoms. The van der Waals surface area contributed by atoms with Gasteiger partial charge in [0.1, 0.15) is 6.04 Å². The van der Waals surface area contributed by atoms with Crippen molar-refractivity contribution in [2.45, 2.75) is 18.6 Å². The Hall–Kier alpha value is -2.54. The van der Waals surface area contributed by atoms with Gasteiger partial charge in [0.05, 0.1) is 5.56 Å². The Morgan fingerprint density at radius 3 is 2.32 bits per heavy atom. The van der Waals surface area contributed by atoms with Gasteiger partial charge < -0.3 is 10.4 Å². The summed E-state index contributed by atoms with van der Waals surface area (Å²) in [6.07, 6.45) is -4.62. The SMILES string of the molecule is O=C(N[C@H](Cc1ccc(Cl)cc1)C(=O)O)c1cccc(C(F)(F)F)c1. The van der Waals surface area contributed by atoms with Gasteiger partial charge in [-0.1, -0.05) is 29.8 Å². The van der Waals surface area contributed by atoms with Gasteiger partial charge in [0.25, 0.3) is 5.91 Å². The quantitative estimate of drug-likeness (QED) is 0.840. The number of amides is 1.